The molecule has 1 N–H and O–H groups in total. The number of hydrogen-bond acceptors (Lipinski definition) is 3. The zero-order chi connectivity index (χ0) is 15.1. The smallest absolute Gasteiger partial charge is 0.124 e. The van der Waals surface area contributed by atoms with Crippen LogP contribution in [0.2, 0.25) is 0 Å². The maximum atomic E-state index is 6.05. The molecule has 1 aliphatic carbocycles. The minimum atomic E-state index is 0.362. The summed E-state index contributed by atoms with van der Waals surface area (Å²) in [5, 5.41) is 3.53. The third kappa shape index (κ3) is 4.72. The summed E-state index contributed by atoms with van der Waals surface area (Å²) in [6, 6.07) is 6.79. The molecule has 2 rings (SSSR count). The second-order valence-electron chi connectivity index (χ2n) is 5.96. The zero-order valence-corrected chi connectivity index (χ0v) is 13.7. The highest BCUT2D eigenvalue weighted by Gasteiger charge is 2.16. The molecule has 3 nitrogen and oxygen atoms in total. The summed E-state index contributed by atoms with van der Waals surface area (Å²) in [5.41, 5.74) is 2.46. The van der Waals surface area contributed by atoms with E-state index < -0.39 is 0 Å². The van der Waals surface area contributed by atoms with Crippen LogP contribution >= 0.6 is 0 Å². The van der Waals surface area contributed by atoms with Crippen LogP contribution < -0.4 is 10.1 Å². The van der Waals surface area contributed by atoms with Crippen molar-refractivity contribution in [3.63, 3.8) is 0 Å². The van der Waals surface area contributed by atoms with Crippen LogP contribution in [0.15, 0.2) is 18.2 Å². The first-order chi connectivity index (χ1) is 10.2. The van der Waals surface area contributed by atoms with E-state index in [-0.39, 0.29) is 0 Å². The molecule has 118 valence electrons. The molecule has 0 bridgehead atoms. The second kappa shape index (κ2) is 8.40. The first kappa shape index (κ1) is 16.3. The van der Waals surface area contributed by atoms with Gasteiger partial charge in [-0.2, -0.15) is 0 Å². The summed E-state index contributed by atoms with van der Waals surface area (Å²) in [5.74, 6) is 0.930. The Morgan fingerprint density at radius 3 is 2.71 bits per heavy atom. The van der Waals surface area contributed by atoms with Gasteiger partial charge in [0.15, 0.2) is 0 Å². The predicted octanol–water partition coefficient (Wildman–Crippen LogP) is 4.22. The molecule has 0 radical (unpaired) electrons. The molecule has 21 heavy (non-hydrogen) atoms. The number of ether oxygens (including phenoxy) is 2. The number of rotatable bonds is 8. The standard InChI is InChI=1S/C18H29NO2/c1-4-11-19-14(2)15-9-10-18(20-3)16(12-15)13-21-17-7-5-6-8-17/h9-10,12,14,17,19H,4-8,11,13H2,1-3H3. The Labute approximate surface area is 129 Å². The fourth-order valence-corrected chi connectivity index (χ4v) is 2.92. The lowest BCUT2D eigenvalue weighted by molar-refractivity contribution is 0.0445. The summed E-state index contributed by atoms with van der Waals surface area (Å²) in [6.45, 7) is 6.09. The van der Waals surface area contributed by atoms with E-state index in [0.717, 1.165) is 24.3 Å². The van der Waals surface area contributed by atoms with E-state index in [0.29, 0.717) is 18.8 Å². The van der Waals surface area contributed by atoms with E-state index in [1.165, 1.54) is 31.2 Å². The van der Waals surface area contributed by atoms with Crippen molar-refractivity contribution in [1.29, 1.82) is 0 Å². The number of hydrogen-bond donors (Lipinski definition) is 1. The average molecular weight is 291 g/mol. The molecular weight excluding hydrogens is 262 g/mol. The Kier molecular flexibility index (Phi) is 6.52. The van der Waals surface area contributed by atoms with E-state index in [1.54, 1.807) is 7.11 Å². The van der Waals surface area contributed by atoms with Crippen LogP contribution in [-0.4, -0.2) is 19.8 Å². The molecule has 0 saturated heterocycles. The highest BCUT2D eigenvalue weighted by molar-refractivity contribution is 5.38. The molecule has 1 aromatic carbocycles. The molecule has 0 heterocycles. The van der Waals surface area contributed by atoms with Gasteiger partial charge in [0.2, 0.25) is 0 Å². The van der Waals surface area contributed by atoms with Crippen molar-refractivity contribution < 1.29 is 9.47 Å². The Morgan fingerprint density at radius 1 is 1.29 bits per heavy atom. The van der Waals surface area contributed by atoms with E-state index in [4.69, 9.17) is 9.47 Å². The Morgan fingerprint density at radius 2 is 2.05 bits per heavy atom. The number of nitrogens with one attached hydrogen (secondary N) is 1. The van der Waals surface area contributed by atoms with Gasteiger partial charge in [0.1, 0.15) is 5.75 Å². The highest BCUT2D eigenvalue weighted by atomic mass is 16.5. The lowest BCUT2D eigenvalue weighted by atomic mass is 10.0. The van der Waals surface area contributed by atoms with Crippen LogP contribution in [0.4, 0.5) is 0 Å². The molecular formula is C18H29NO2. The fourth-order valence-electron chi connectivity index (χ4n) is 2.92. The molecule has 0 aromatic heterocycles. The van der Waals surface area contributed by atoms with Gasteiger partial charge in [-0.25, -0.2) is 0 Å². The number of benzene rings is 1. The Balaban J connectivity index is 2.02. The monoisotopic (exact) mass is 291 g/mol. The molecule has 1 aromatic rings. The second-order valence-corrected chi connectivity index (χ2v) is 5.96. The Hall–Kier alpha value is -1.06. The molecule has 3 heteroatoms. The van der Waals surface area contributed by atoms with Gasteiger partial charge in [0, 0.05) is 11.6 Å². The van der Waals surface area contributed by atoms with Crippen LogP contribution in [0.3, 0.4) is 0 Å². The van der Waals surface area contributed by atoms with Gasteiger partial charge >= 0.3 is 0 Å². The maximum Gasteiger partial charge on any atom is 0.124 e. The largest absolute Gasteiger partial charge is 0.496 e. The van der Waals surface area contributed by atoms with Crippen molar-refractivity contribution in [2.24, 2.45) is 0 Å². The molecule has 0 aliphatic heterocycles. The lowest BCUT2D eigenvalue weighted by Gasteiger charge is -2.18. The van der Waals surface area contributed by atoms with Crippen LogP contribution in [0.5, 0.6) is 5.75 Å². The zero-order valence-electron chi connectivity index (χ0n) is 13.7. The summed E-state index contributed by atoms with van der Waals surface area (Å²) in [7, 11) is 1.73. The minimum absolute atomic E-state index is 0.362. The third-order valence-electron chi connectivity index (χ3n) is 4.28. The fraction of sp³-hybridized carbons (Fsp3) is 0.667. The highest BCUT2D eigenvalue weighted by Crippen LogP contribution is 2.27. The first-order valence-electron chi connectivity index (χ1n) is 8.26. The van der Waals surface area contributed by atoms with Gasteiger partial charge in [0.05, 0.1) is 19.8 Å². The van der Waals surface area contributed by atoms with Crippen LogP contribution in [0, 0.1) is 0 Å². The number of methoxy groups -OCH3 is 1. The van der Waals surface area contributed by atoms with Crippen LogP contribution in [0.25, 0.3) is 0 Å². The summed E-state index contributed by atoms with van der Waals surface area (Å²) < 4.78 is 11.5. The molecule has 0 amide bonds. The lowest BCUT2D eigenvalue weighted by Crippen LogP contribution is -2.19. The van der Waals surface area contributed by atoms with Crippen molar-refractivity contribution in [2.45, 2.75) is 64.7 Å². The molecule has 0 spiro atoms. The molecule has 1 atom stereocenters. The van der Waals surface area contributed by atoms with Gasteiger partial charge in [-0.3, -0.25) is 0 Å². The molecule has 1 fully saturated rings. The van der Waals surface area contributed by atoms with Gasteiger partial charge < -0.3 is 14.8 Å². The normalized spacial score (nSPS) is 17.1. The van der Waals surface area contributed by atoms with Crippen molar-refractivity contribution in [2.75, 3.05) is 13.7 Å². The van der Waals surface area contributed by atoms with Crippen LogP contribution in [-0.2, 0) is 11.3 Å². The summed E-state index contributed by atoms with van der Waals surface area (Å²) in [6.07, 6.45) is 6.61. The van der Waals surface area contributed by atoms with Gasteiger partial charge in [-0.05, 0) is 50.4 Å². The topological polar surface area (TPSA) is 30.5 Å². The van der Waals surface area contributed by atoms with Crippen molar-refractivity contribution in [3.05, 3.63) is 29.3 Å². The van der Waals surface area contributed by atoms with Crippen molar-refractivity contribution in [3.8, 4) is 5.75 Å². The van der Waals surface area contributed by atoms with Crippen molar-refractivity contribution >= 4 is 0 Å². The quantitative estimate of drug-likeness (QED) is 0.778. The van der Waals surface area contributed by atoms with Gasteiger partial charge in [0.25, 0.3) is 0 Å². The summed E-state index contributed by atoms with van der Waals surface area (Å²) in [4.78, 5) is 0. The van der Waals surface area contributed by atoms with Gasteiger partial charge in [-0.15, -0.1) is 0 Å². The van der Waals surface area contributed by atoms with E-state index in [1.807, 2.05) is 0 Å². The van der Waals surface area contributed by atoms with Crippen molar-refractivity contribution in [1.82, 2.24) is 5.32 Å². The average Bonchev–Trinajstić information content (AvgIpc) is 3.03. The molecule has 1 aliphatic rings. The van der Waals surface area contributed by atoms with E-state index in [2.05, 4.69) is 37.4 Å². The SMILES string of the molecule is CCCNC(C)c1ccc(OC)c(COC2CCCC2)c1. The van der Waals surface area contributed by atoms with Gasteiger partial charge in [-0.1, -0.05) is 25.8 Å². The van der Waals surface area contributed by atoms with Crippen LogP contribution in [0.1, 0.15) is 63.1 Å². The molecule has 1 saturated carbocycles. The predicted molar refractivity (Wildman–Crippen MR) is 86.7 cm³/mol. The third-order valence-corrected chi connectivity index (χ3v) is 4.28. The minimum Gasteiger partial charge on any atom is -0.496 e. The summed E-state index contributed by atoms with van der Waals surface area (Å²) >= 11 is 0. The maximum absolute atomic E-state index is 6.05. The van der Waals surface area contributed by atoms with E-state index in [9.17, 15) is 0 Å². The molecule has 1 unspecified atom stereocenters. The Bertz CT molecular complexity index is 427. The van der Waals surface area contributed by atoms with E-state index >= 15 is 0 Å². The first-order valence-corrected chi connectivity index (χ1v) is 8.26.